The minimum atomic E-state index is -0.268. The van der Waals surface area contributed by atoms with E-state index in [4.69, 9.17) is 14.9 Å². The van der Waals surface area contributed by atoms with E-state index in [0.29, 0.717) is 37.2 Å². The molecule has 1 aromatic heterocycles. The Morgan fingerprint density at radius 2 is 2.14 bits per heavy atom. The summed E-state index contributed by atoms with van der Waals surface area (Å²) in [6.07, 6.45) is 3.63. The number of aromatic amines is 1. The Morgan fingerprint density at radius 1 is 1.33 bits per heavy atom. The molecule has 2 unspecified atom stereocenters. The second-order valence-corrected chi connectivity index (χ2v) is 5.56. The molecule has 7 heteroatoms. The quantitative estimate of drug-likeness (QED) is 0.688. The van der Waals surface area contributed by atoms with Crippen molar-refractivity contribution in [2.24, 2.45) is 5.92 Å². The SMILES string of the molecule is N=Cc1c(NC2CCOC2)nc(CC2CCOC2)[nH]c1=O. The summed E-state index contributed by atoms with van der Waals surface area (Å²) in [5.74, 6) is 1.54. The van der Waals surface area contributed by atoms with Crippen molar-refractivity contribution in [1.29, 1.82) is 5.41 Å². The Labute approximate surface area is 122 Å². The minimum absolute atomic E-state index is 0.153. The van der Waals surface area contributed by atoms with E-state index in [1.165, 1.54) is 0 Å². The van der Waals surface area contributed by atoms with Gasteiger partial charge in [0.1, 0.15) is 11.6 Å². The normalized spacial score (nSPS) is 25.1. The van der Waals surface area contributed by atoms with Gasteiger partial charge in [-0.25, -0.2) is 4.98 Å². The topological polar surface area (TPSA) is 100 Å². The van der Waals surface area contributed by atoms with Crippen LogP contribution in [0.15, 0.2) is 4.79 Å². The van der Waals surface area contributed by atoms with Gasteiger partial charge in [0.05, 0.1) is 18.2 Å². The predicted octanol–water partition coefficient (Wildman–Crippen LogP) is 0.547. The summed E-state index contributed by atoms with van der Waals surface area (Å²) >= 11 is 0. The van der Waals surface area contributed by atoms with Crippen LogP contribution in [-0.2, 0) is 15.9 Å². The van der Waals surface area contributed by atoms with Gasteiger partial charge in [-0.2, -0.15) is 0 Å². The lowest BCUT2D eigenvalue weighted by Gasteiger charge is -2.15. The minimum Gasteiger partial charge on any atom is -0.381 e. The Balaban J connectivity index is 1.82. The van der Waals surface area contributed by atoms with Crippen LogP contribution >= 0.6 is 0 Å². The van der Waals surface area contributed by atoms with E-state index in [0.717, 1.165) is 32.3 Å². The van der Waals surface area contributed by atoms with Gasteiger partial charge < -0.3 is 25.2 Å². The van der Waals surface area contributed by atoms with Crippen molar-refractivity contribution < 1.29 is 9.47 Å². The summed E-state index contributed by atoms with van der Waals surface area (Å²) in [6, 6.07) is 0.153. The molecule has 2 aliphatic heterocycles. The first-order chi connectivity index (χ1) is 10.3. The summed E-state index contributed by atoms with van der Waals surface area (Å²) in [5, 5.41) is 10.6. The first-order valence-corrected chi connectivity index (χ1v) is 7.32. The zero-order valence-corrected chi connectivity index (χ0v) is 11.9. The molecule has 2 aliphatic rings. The largest absolute Gasteiger partial charge is 0.381 e. The molecule has 1 aromatic rings. The van der Waals surface area contributed by atoms with E-state index >= 15 is 0 Å². The fourth-order valence-corrected chi connectivity index (χ4v) is 2.73. The second-order valence-electron chi connectivity index (χ2n) is 5.56. The molecule has 3 N–H and O–H groups in total. The molecule has 3 heterocycles. The lowest BCUT2D eigenvalue weighted by molar-refractivity contribution is 0.185. The summed E-state index contributed by atoms with van der Waals surface area (Å²) in [7, 11) is 0. The van der Waals surface area contributed by atoms with Crippen LogP contribution in [0, 0.1) is 11.3 Å². The number of rotatable bonds is 5. The smallest absolute Gasteiger partial charge is 0.261 e. The molecular formula is C14H20N4O3. The molecule has 2 saturated heterocycles. The molecule has 0 aromatic carbocycles. The third kappa shape index (κ3) is 3.30. The Kier molecular flexibility index (Phi) is 4.31. The van der Waals surface area contributed by atoms with Crippen LogP contribution in [-0.4, -0.2) is 48.7 Å². The van der Waals surface area contributed by atoms with Crippen LogP contribution in [0.2, 0.25) is 0 Å². The lowest BCUT2D eigenvalue weighted by atomic mass is 10.0. The van der Waals surface area contributed by atoms with Gasteiger partial charge in [0.25, 0.3) is 5.56 Å². The number of hydrogen-bond donors (Lipinski definition) is 3. The van der Waals surface area contributed by atoms with Crippen LogP contribution in [0.4, 0.5) is 5.82 Å². The van der Waals surface area contributed by atoms with Gasteiger partial charge in [0.2, 0.25) is 0 Å². The summed E-state index contributed by atoms with van der Waals surface area (Å²) in [4.78, 5) is 19.4. The molecule has 0 aliphatic carbocycles. The number of ether oxygens (including phenoxy) is 2. The van der Waals surface area contributed by atoms with Crippen molar-refractivity contribution in [3.8, 4) is 0 Å². The van der Waals surface area contributed by atoms with Crippen LogP contribution in [0.25, 0.3) is 0 Å². The highest BCUT2D eigenvalue weighted by atomic mass is 16.5. The van der Waals surface area contributed by atoms with E-state index in [2.05, 4.69) is 15.3 Å². The van der Waals surface area contributed by atoms with Crippen molar-refractivity contribution in [1.82, 2.24) is 9.97 Å². The van der Waals surface area contributed by atoms with E-state index in [1.807, 2.05) is 0 Å². The van der Waals surface area contributed by atoms with Gasteiger partial charge in [-0.05, 0) is 18.8 Å². The lowest BCUT2D eigenvalue weighted by Crippen LogP contribution is -2.26. The van der Waals surface area contributed by atoms with Crippen LogP contribution in [0.3, 0.4) is 0 Å². The van der Waals surface area contributed by atoms with Crippen molar-refractivity contribution in [2.75, 3.05) is 31.7 Å². The Bertz CT molecular complexity index is 560. The number of hydrogen-bond acceptors (Lipinski definition) is 6. The molecule has 7 nitrogen and oxygen atoms in total. The van der Waals surface area contributed by atoms with E-state index in [9.17, 15) is 4.79 Å². The summed E-state index contributed by atoms with van der Waals surface area (Å²) < 4.78 is 10.7. The van der Waals surface area contributed by atoms with E-state index in [-0.39, 0.29) is 17.2 Å². The number of nitrogens with one attached hydrogen (secondary N) is 3. The van der Waals surface area contributed by atoms with E-state index in [1.54, 1.807) is 0 Å². The Morgan fingerprint density at radius 3 is 2.81 bits per heavy atom. The molecule has 0 amide bonds. The molecule has 0 spiro atoms. The third-order valence-corrected chi connectivity index (χ3v) is 3.93. The standard InChI is InChI=1S/C14H20N4O3/c15-6-11-13(16-10-2-4-21-8-10)17-12(18-14(11)19)5-9-1-3-20-7-9/h6,9-10,15H,1-5,7-8H2,(H2,16,17,18,19). The average molecular weight is 292 g/mol. The van der Waals surface area contributed by atoms with Gasteiger partial charge in [0.15, 0.2) is 0 Å². The van der Waals surface area contributed by atoms with Crippen LogP contribution < -0.4 is 10.9 Å². The number of aromatic nitrogens is 2. The van der Waals surface area contributed by atoms with Crippen molar-refractivity contribution in [2.45, 2.75) is 25.3 Å². The molecule has 0 saturated carbocycles. The summed E-state index contributed by atoms with van der Waals surface area (Å²) in [5.41, 5.74) is 0.00338. The predicted molar refractivity (Wildman–Crippen MR) is 78.2 cm³/mol. The summed E-state index contributed by atoms with van der Waals surface area (Å²) in [6.45, 7) is 2.82. The fourth-order valence-electron chi connectivity index (χ4n) is 2.73. The second kappa shape index (κ2) is 6.36. The van der Waals surface area contributed by atoms with Crippen molar-refractivity contribution in [3.63, 3.8) is 0 Å². The maximum atomic E-state index is 12.1. The van der Waals surface area contributed by atoms with Gasteiger partial charge in [0, 0.05) is 32.5 Å². The monoisotopic (exact) mass is 292 g/mol. The maximum absolute atomic E-state index is 12.1. The first kappa shape index (κ1) is 14.2. The third-order valence-electron chi connectivity index (χ3n) is 3.93. The zero-order valence-electron chi connectivity index (χ0n) is 11.9. The molecular weight excluding hydrogens is 272 g/mol. The van der Waals surface area contributed by atoms with Crippen LogP contribution in [0.5, 0.6) is 0 Å². The highest BCUT2D eigenvalue weighted by Crippen LogP contribution is 2.18. The molecule has 21 heavy (non-hydrogen) atoms. The first-order valence-electron chi connectivity index (χ1n) is 7.32. The maximum Gasteiger partial charge on any atom is 0.261 e. The molecule has 3 rings (SSSR count). The average Bonchev–Trinajstić information content (AvgIpc) is 3.12. The van der Waals surface area contributed by atoms with Gasteiger partial charge in [-0.15, -0.1) is 0 Å². The van der Waals surface area contributed by atoms with Gasteiger partial charge in [-0.1, -0.05) is 0 Å². The Hall–Kier alpha value is -1.73. The molecule has 2 atom stereocenters. The van der Waals surface area contributed by atoms with Crippen molar-refractivity contribution in [3.05, 3.63) is 21.7 Å². The number of nitrogens with zero attached hydrogens (tertiary/aromatic N) is 1. The molecule has 114 valence electrons. The van der Waals surface area contributed by atoms with Gasteiger partial charge in [-0.3, -0.25) is 4.79 Å². The highest BCUT2D eigenvalue weighted by molar-refractivity contribution is 5.83. The van der Waals surface area contributed by atoms with Gasteiger partial charge >= 0.3 is 0 Å². The zero-order chi connectivity index (χ0) is 14.7. The van der Waals surface area contributed by atoms with E-state index < -0.39 is 0 Å². The number of anilines is 1. The van der Waals surface area contributed by atoms with Crippen LogP contribution in [0.1, 0.15) is 24.2 Å². The molecule has 0 bridgehead atoms. The van der Waals surface area contributed by atoms with Crippen molar-refractivity contribution >= 4 is 12.0 Å². The fraction of sp³-hybridized carbons (Fsp3) is 0.643. The highest BCUT2D eigenvalue weighted by Gasteiger charge is 2.21. The molecule has 0 radical (unpaired) electrons. The number of H-pyrrole nitrogens is 1. The molecule has 2 fully saturated rings.